The van der Waals surface area contributed by atoms with Crippen LogP contribution in [0.3, 0.4) is 0 Å². The molecule has 33 heteroatoms. The van der Waals surface area contributed by atoms with Gasteiger partial charge in [-0.3, -0.25) is 63.5 Å². The van der Waals surface area contributed by atoms with Crippen LogP contribution in [0.2, 0.25) is 0 Å². The molecule has 1 atom stereocenters. The number of carbonyl (C=O) groups excluding carboxylic acids is 1. The average Bonchev–Trinajstić information content (AvgIpc) is 2.77. The summed E-state index contributed by atoms with van der Waals surface area (Å²) in [4.78, 5) is 95.7. The normalized spacial score (nSPS) is 12.7. The predicted molar refractivity (Wildman–Crippen MR) is 160 cm³/mol. The van der Waals surface area contributed by atoms with Crippen molar-refractivity contribution in [2.24, 2.45) is 0 Å². The maximum absolute atomic E-state index is 12.1. The number of thiol groups is 1. The Morgan fingerprint density at radius 2 is 0.857 bits per heavy atom. The van der Waals surface area contributed by atoms with Crippen LogP contribution in [0, 0.1) is 0 Å². The summed E-state index contributed by atoms with van der Waals surface area (Å²) in [6.07, 6.45) is 0.591. The van der Waals surface area contributed by atoms with Crippen LogP contribution >= 0.6 is 60.1 Å². The topological polar surface area (TPSA) is 371 Å². The minimum atomic E-state index is -5.14. The summed E-state index contributed by atoms with van der Waals surface area (Å²) in [5.41, 5.74) is 0.885. The smallest absolute Gasteiger partial charge is 0.465 e. The number of esters is 1. The highest BCUT2D eigenvalue weighted by Crippen LogP contribution is 2.38. The fraction of sp³-hybridized carbons (Fsp3) is 0.312. The van der Waals surface area contributed by atoms with Crippen molar-refractivity contribution in [2.45, 2.75) is 25.0 Å². The zero-order valence-corrected chi connectivity index (χ0v) is 30.2. The van der Waals surface area contributed by atoms with E-state index in [-0.39, 0.29) is 5.97 Å². The van der Waals surface area contributed by atoms with Gasteiger partial charge in [0.15, 0.2) is 0 Å². The summed E-state index contributed by atoms with van der Waals surface area (Å²) in [7, 11) is -30.8. The first-order valence-electron chi connectivity index (χ1n) is 11.0. The van der Waals surface area contributed by atoms with Crippen LogP contribution in [0.4, 0.5) is 25.2 Å². The minimum absolute atomic E-state index is 0.281. The second kappa shape index (κ2) is 25.1. The Balaban J connectivity index is -0.000000178. The molecule has 0 aliphatic rings. The summed E-state index contributed by atoms with van der Waals surface area (Å²) in [5, 5.41) is 2.26. The van der Waals surface area contributed by atoms with E-state index in [0.29, 0.717) is 13.0 Å². The lowest BCUT2D eigenvalue weighted by molar-refractivity contribution is -0.146. The summed E-state index contributed by atoms with van der Waals surface area (Å²) in [6, 6.07) is 14.1. The van der Waals surface area contributed by atoms with Gasteiger partial charge in [0.2, 0.25) is 0 Å². The van der Waals surface area contributed by atoms with Crippen LogP contribution in [0.5, 0.6) is 0 Å². The molecule has 0 amide bonds. The van der Waals surface area contributed by atoms with Gasteiger partial charge in [0.25, 0.3) is 0 Å². The second-order valence-corrected chi connectivity index (χ2v) is 13.8. The molecule has 0 fully saturated rings. The standard InChI is InChI=1S/C16H18O2S.6FH2O3P/c1-3-16(19,15(17)18-4-2)14-10-9-12-7-5-6-8-13(12)11-14;6*1-5(2,3)4/h5-11,19H,3-4H2,1-2H3;6*(H2,2,3,4). The predicted octanol–water partition coefficient (Wildman–Crippen LogP) is 4.23. The molecule has 2 aromatic carbocycles. The molecule has 0 aliphatic heterocycles. The van der Waals surface area contributed by atoms with Crippen molar-refractivity contribution < 1.29 is 121 Å². The Bertz CT molecular complexity index is 1330. The van der Waals surface area contributed by atoms with E-state index in [4.69, 9.17) is 90.8 Å². The highest BCUT2D eigenvalue weighted by Gasteiger charge is 2.36. The van der Waals surface area contributed by atoms with Crippen molar-refractivity contribution in [3.8, 4) is 0 Å². The SMILES string of the molecule is CCOC(=O)C(S)(CC)c1ccc2ccccc2c1.O=P(O)(O)F.O=P(O)(O)F.O=P(O)(O)F.O=P(O)(O)F.O=P(O)(O)F.O=P(O)(O)F. The number of ether oxygens (including phenoxy) is 1. The van der Waals surface area contributed by atoms with Gasteiger partial charge in [-0.2, -0.15) is 12.6 Å². The molecule has 0 aliphatic carbocycles. The molecule has 0 aromatic heterocycles. The largest absolute Gasteiger partial charge is 0.507 e. The van der Waals surface area contributed by atoms with Crippen molar-refractivity contribution in [3.05, 3.63) is 48.0 Å². The van der Waals surface area contributed by atoms with Crippen molar-refractivity contribution in [1.82, 2.24) is 0 Å². The van der Waals surface area contributed by atoms with Crippen molar-refractivity contribution in [1.29, 1.82) is 0 Å². The molecule has 0 spiro atoms. The van der Waals surface area contributed by atoms with Crippen LogP contribution in [0.25, 0.3) is 10.8 Å². The first-order chi connectivity index (χ1) is 21.1. The molecule has 0 saturated carbocycles. The number of benzene rings is 2. The zero-order chi connectivity index (χ0) is 40.9. The van der Waals surface area contributed by atoms with E-state index in [2.05, 4.69) is 18.7 Å². The van der Waals surface area contributed by atoms with Crippen LogP contribution in [0.1, 0.15) is 25.8 Å². The van der Waals surface area contributed by atoms with Gasteiger partial charge >= 0.3 is 53.4 Å². The molecule has 2 rings (SSSR count). The highest BCUT2D eigenvalue weighted by molar-refractivity contribution is 7.82. The number of halogens is 6. The Morgan fingerprint density at radius 1 is 0.592 bits per heavy atom. The molecule has 292 valence electrons. The van der Waals surface area contributed by atoms with Gasteiger partial charge in [-0.25, -0.2) is 27.4 Å². The molecular weight excluding hydrogens is 844 g/mol. The molecule has 0 heterocycles. The third-order valence-electron chi connectivity index (χ3n) is 3.35. The van der Waals surface area contributed by atoms with E-state index in [9.17, 15) is 30.0 Å². The first-order valence-corrected chi connectivity index (χ1v) is 20.5. The fourth-order valence-electron chi connectivity index (χ4n) is 2.16. The van der Waals surface area contributed by atoms with Crippen LogP contribution in [-0.2, 0) is 41.7 Å². The van der Waals surface area contributed by atoms with Crippen molar-refractivity contribution in [2.75, 3.05) is 6.61 Å². The minimum Gasteiger partial charge on any atom is -0.465 e. The lowest BCUT2D eigenvalue weighted by Crippen LogP contribution is -2.31. The van der Waals surface area contributed by atoms with E-state index >= 15 is 0 Å². The van der Waals surface area contributed by atoms with Gasteiger partial charge in [-0.15, -0.1) is 25.2 Å². The summed E-state index contributed by atoms with van der Waals surface area (Å²) in [5.74, 6) is -0.281. The van der Waals surface area contributed by atoms with Crippen LogP contribution in [0.15, 0.2) is 42.5 Å². The van der Waals surface area contributed by atoms with E-state index in [1.54, 1.807) is 0 Å². The fourth-order valence-corrected chi connectivity index (χ4v) is 2.37. The maximum atomic E-state index is 12.1. The van der Waals surface area contributed by atoms with Crippen LogP contribution < -0.4 is 0 Å². The molecule has 20 nitrogen and oxygen atoms in total. The van der Waals surface area contributed by atoms with E-state index in [1.165, 1.54) is 0 Å². The zero-order valence-electron chi connectivity index (χ0n) is 24.0. The Morgan fingerprint density at radius 3 is 1.10 bits per heavy atom. The van der Waals surface area contributed by atoms with Gasteiger partial charge in [-0.05, 0) is 35.7 Å². The number of fused-ring (bicyclic) bond motifs is 1. The van der Waals surface area contributed by atoms with Gasteiger partial charge in [0, 0.05) is 0 Å². The first kappa shape index (κ1) is 57.3. The van der Waals surface area contributed by atoms with E-state index < -0.39 is 52.2 Å². The lowest BCUT2D eigenvalue weighted by Gasteiger charge is -2.25. The molecule has 0 radical (unpaired) electrons. The number of hydrogen-bond donors (Lipinski definition) is 13. The molecule has 0 bridgehead atoms. The van der Waals surface area contributed by atoms with Gasteiger partial charge in [0.05, 0.1) is 6.61 Å². The molecule has 49 heavy (non-hydrogen) atoms. The maximum Gasteiger partial charge on any atom is 0.507 e. The lowest BCUT2D eigenvalue weighted by atomic mass is 9.93. The monoisotopic (exact) mass is 874 g/mol. The van der Waals surface area contributed by atoms with Gasteiger partial charge < -0.3 is 4.74 Å². The van der Waals surface area contributed by atoms with Gasteiger partial charge in [0.1, 0.15) is 4.75 Å². The Labute approximate surface area is 277 Å². The Kier molecular flexibility index (Phi) is 29.3. The third-order valence-corrected chi connectivity index (χ3v) is 4.11. The average molecular weight is 874 g/mol. The van der Waals surface area contributed by atoms with E-state index in [1.807, 2.05) is 50.2 Å². The van der Waals surface area contributed by atoms with E-state index in [0.717, 1.165) is 16.3 Å². The molecule has 12 N–H and O–H groups in total. The van der Waals surface area contributed by atoms with Crippen LogP contribution in [-0.4, -0.2) is 71.3 Å². The molecular formula is C16H30F6O20P6S. The number of carbonyl (C=O) groups is 1. The summed E-state index contributed by atoms with van der Waals surface area (Å²) < 4.78 is 118. The summed E-state index contributed by atoms with van der Waals surface area (Å²) in [6.45, 7) is 4.12. The van der Waals surface area contributed by atoms with Crippen molar-refractivity contribution >= 4 is 76.8 Å². The van der Waals surface area contributed by atoms with Crippen molar-refractivity contribution in [3.63, 3.8) is 0 Å². The van der Waals surface area contributed by atoms with Gasteiger partial charge in [-0.1, -0.05) is 43.3 Å². The quantitative estimate of drug-likeness (QED) is 0.0884. The second-order valence-electron chi connectivity index (χ2n) is 7.33. The number of rotatable bonds is 4. The third kappa shape index (κ3) is 69.5. The molecule has 2 aromatic rings. The number of hydrogen-bond acceptors (Lipinski definition) is 9. The highest BCUT2D eigenvalue weighted by atomic mass is 32.1. The molecule has 0 saturated heterocycles. The Hall–Kier alpha value is -1.00. The molecule has 1 unspecified atom stereocenters. The summed E-state index contributed by atoms with van der Waals surface area (Å²) >= 11 is 4.59.